The molecule has 0 N–H and O–H groups in total. The lowest BCUT2D eigenvalue weighted by atomic mass is 10.2. The summed E-state index contributed by atoms with van der Waals surface area (Å²) in [6.07, 6.45) is 1.49. The van der Waals surface area contributed by atoms with Crippen LogP contribution in [-0.2, 0) is 16.0 Å². The van der Waals surface area contributed by atoms with Gasteiger partial charge in [-0.2, -0.15) is 0 Å². The highest BCUT2D eigenvalue weighted by atomic mass is 16.7. The maximum absolute atomic E-state index is 5.45. The van der Waals surface area contributed by atoms with Crippen LogP contribution in [0.3, 0.4) is 0 Å². The Morgan fingerprint density at radius 3 is 2.38 bits per heavy atom. The molecule has 0 bridgehead atoms. The van der Waals surface area contributed by atoms with Crippen molar-refractivity contribution < 1.29 is 9.47 Å². The normalized spacial score (nSPS) is 11.6. The average Bonchev–Trinajstić information content (AvgIpc) is 2.65. The van der Waals surface area contributed by atoms with Gasteiger partial charge in [-0.25, -0.2) is 0 Å². The number of hydrogen-bond donors (Lipinski definition) is 0. The molecule has 0 aliphatic rings. The molecular formula is C11H21N3O2. The standard InChI is InChI=1S/C11H21N3O2/c1-5-15-11(16-6-2)10-8-14(13-12-10)7-9(3)4/h8-9,11H,5-7H2,1-4H3. The molecule has 0 aliphatic heterocycles. The van der Waals surface area contributed by atoms with Gasteiger partial charge in [-0.15, -0.1) is 5.10 Å². The molecule has 0 saturated carbocycles. The average molecular weight is 227 g/mol. The summed E-state index contributed by atoms with van der Waals surface area (Å²) in [5.41, 5.74) is 0.740. The molecule has 0 amide bonds. The second-order valence-electron chi connectivity index (χ2n) is 4.00. The van der Waals surface area contributed by atoms with E-state index in [2.05, 4.69) is 24.2 Å². The van der Waals surface area contributed by atoms with Gasteiger partial charge in [0.25, 0.3) is 0 Å². The third-order valence-electron chi connectivity index (χ3n) is 1.99. The molecule has 1 aromatic heterocycles. The molecule has 92 valence electrons. The van der Waals surface area contributed by atoms with Crippen LogP contribution in [0.5, 0.6) is 0 Å². The summed E-state index contributed by atoms with van der Waals surface area (Å²) in [5, 5.41) is 8.12. The van der Waals surface area contributed by atoms with Crippen LogP contribution in [-0.4, -0.2) is 28.2 Å². The van der Waals surface area contributed by atoms with E-state index >= 15 is 0 Å². The lowest BCUT2D eigenvalue weighted by molar-refractivity contribution is -0.142. The zero-order chi connectivity index (χ0) is 12.0. The fraction of sp³-hybridized carbons (Fsp3) is 0.818. The zero-order valence-corrected chi connectivity index (χ0v) is 10.5. The summed E-state index contributed by atoms with van der Waals surface area (Å²) < 4.78 is 12.7. The Bertz CT molecular complexity index is 293. The van der Waals surface area contributed by atoms with Crippen LogP contribution in [0.15, 0.2) is 6.20 Å². The molecule has 0 aromatic carbocycles. The summed E-state index contributed by atoms with van der Waals surface area (Å²) in [6.45, 7) is 10.2. The molecule has 0 atom stereocenters. The molecule has 1 heterocycles. The van der Waals surface area contributed by atoms with E-state index in [1.807, 2.05) is 24.7 Å². The van der Waals surface area contributed by atoms with Gasteiger partial charge in [-0.1, -0.05) is 19.1 Å². The highest BCUT2D eigenvalue weighted by Crippen LogP contribution is 2.16. The Hall–Kier alpha value is -0.940. The van der Waals surface area contributed by atoms with Gasteiger partial charge in [0.2, 0.25) is 6.29 Å². The Kier molecular flexibility index (Phi) is 5.42. The first-order chi connectivity index (χ1) is 7.67. The molecule has 1 aromatic rings. The van der Waals surface area contributed by atoms with E-state index < -0.39 is 6.29 Å². The molecule has 0 saturated heterocycles. The lowest BCUT2D eigenvalue weighted by Crippen LogP contribution is -2.09. The van der Waals surface area contributed by atoms with Gasteiger partial charge in [0.15, 0.2) is 0 Å². The maximum Gasteiger partial charge on any atom is 0.204 e. The van der Waals surface area contributed by atoms with E-state index in [0.717, 1.165) is 12.2 Å². The van der Waals surface area contributed by atoms with E-state index in [9.17, 15) is 0 Å². The molecule has 0 fully saturated rings. The summed E-state index contributed by atoms with van der Waals surface area (Å²) >= 11 is 0. The first kappa shape index (κ1) is 13.1. The number of ether oxygens (including phenoxy) is 2. The van der Waals surface area contributed by atoms with E-state index in [1.165, 1.54) is 0 Å². The van der Waals surface area contributed by atoms with Crippen LogP contribution < -0.4 is 0 Å². The Morgan fingerprint density at radius 1 is 1.25 bits per heavy atom. The van der Waals surface area contributed by atoms with Crippen LogP contribution in [0.1, 0.15) is 39.7 Å². The third-order valence-corrected chi connectivity index (χ3v) is 1.99. The molecular weight excluding hydrogens is 206 g/mol. The van der Waals surface area contributed by atoms with E-state index in [0.29, 0.717) is 19.1 Å². The molecule has 1 rings (SSSR count). The summed E-state index contributed by atoms with van der Waals surface area (Å²) in [5.74, 6) is 0.548. The van der Waals surface area contributed by atoms with Crippen molar-refractivity contribution in [2.45, 2.75) is 40.5 Å². The van der Waals surface area contributed by atoms with Crippen LogP contribution in [0, 0.1) is 5.92 Å². The first-order valence-corrected chi connectivity index (χ1v) is 5.80. The minimum absolute atomic E-state index is 0.393. The highest BCUT2D eigenvalue weighted by Gasteiger charge is 2.15. The van der Waals surface area contributed by atoms with Crippen LogP contribution in [0.2, 0.25) is 0 Å². The summed E-state index contributed by atoms with van der Waals surface area (Å²) in [4.78, 5) is 0. The van der Waals surface area contributed by atoms with Crippen molar-refractivity contribution in [2.24, 2.45) is 5.92 Å². The van der Waals surface area contributed by atoms with Crippen molar-refractivity contribution in [1.82, 2.24) is 15.0 Å². The predicted molar refractivity (Wildman–Crippen MR) is 60.9 cm³/mol. The number of nitrogens with zero attached hydrogens (tertiary/aromatic N) is 3. The van der Waals surface area contributed by atoms with Crippen LogP contribution >= 0.6 is 0 Å². The quantitative estimate of drug-likeness (QED) is 0.668. The number of rotatable bonds is 7. The van der Waals surface area contributed by atoms with Gasteiger partial charge in [0.1, 0.15) is 5.69 Å². The van der Waals surface area contributed by atoms with Gasteiger partial charge in [0, 0.05) is 19.8 Å². The van der Waals surface area contributed by atoms with Crippen molar-refractivity contribution >= 4 is 0 Å². The minimum atomic E-state index is -0.393. The van der Waals surface area contributed by atoms with Gasteiger partial charge in [0.05, 0.1) is 6.20 Å². The van der Waals surface area contributed by atoms with E-state index in [4.69, 9.17) is 9.47 Å². The molecule has 0 aliphatic carbocycles. The fourth-order valence-electron chi connectivity index (χ4n) is 1.41. The SMILES string of the molecule is CCOC(OCC)c1cn(CC(C)C)nn1. The van der Waals surface area contributed by atoms with Crippen LogP contribution in [0.25, 0.3) is 0 Å². The Labute approximate surface area is 96.7 Å². The van der Waals surface area contributed by atoms with Crippen molar-refractivity contribution in [1.29, 1.82) is 0 Å². The van der Waals surface area contributed by atoms with Crippen molar-refractivity contribution in [2.75, 3.05) is 13.2 Å². The summed E-state index contributed by atoms with van der Waals surface area (Å²) in [7, 11) is 0. The third kappa shape index (κ3) is 3.90. The molecule has 5 heteroatoms. The maximum atomic E-state index is 5.45. The van der Waals surface area contributed by atoms with Gasteiger partial charge in [-0.3, -0.25) is 4.68 Å². The summed E-state index contributed by atoms with van der Waals surface area (Å²) in [6, 6.07) is 0. The smallest absolute Gasteiger partial charge is 0.204 e. The fourth-order valence-corrected chi connectivity index (χ4v) is 1.41. The van der Waals surface area contributed by atoms with Crippen LogP contribution in [0.4, 0.5) is 0 Å². The molecule has 5 nitrogen and oxygen atoms in total. The van der Waals surface area contributed by atoms with E-state index in [1.54, 1.807) is 0 Å². The van der Waals surface area contributed by atoms with E-state index in [-0.39, 0.29) is 0 Å². The molecule has 0 radical (unpaired) electrons. The Balaban J connectivity index is 2.65. The largest absolute Gasteiger partial charge is 0.347 e. The van der Waals surface area contributed by atoms with Crippen molar-refractivity contribution in [3.63, 3.8) is 0 Å². The molecule has 16 heavy (non-hydrogen) atoms. The second-order valence-corrected chi connectivity index (χ2v) is 4.00. The van der Waals surface area contributed by atoms with Crippen molar-refractivity contribution in [3.8, 4) is 0 Å². The predicted octanol–water partition coefficient (Wildman–Crippen LogP) is 2.01. The first-order valence-electron chi connectivity index (χ1n) is 5.80. The van der Waals surface area contributed by atoms with Gasteiger partial charge < -0.3 is 9.47 Å². The highest BCUT2D eigenvalue weighted by molar-refractivity contribution is 4.94. The second kappa shape index (κ2) is 6.60. The zero-order valence-electron chi connectivity index (χ0n) is 10.5. The number of aromatic nitrogens is 3. The molecule has 0 unspecified atom stereocenters. The van der Waals surface area contributed by atoms with Gasteiger partial charge >= 0.3 is 0 Å². The van der Waals surface area contributed by atoms with Gasteiger partial charge in [-0.05, 0) is 19.8 Å². The minimum Gasteiger partial charge on any atom is -0.347 e. The van der Waals surface area contributed by atoms with Crippen molar-refractivity contribution in [3.05, 3.63) is 11.9 Å². The number of hydrogen-bond acceptors (Lipinski definition) is 4. The molecule has 0 spiro atoms. The Morgan fingerprint density at radius 2 is 1.88 bits per heavy atom. The topological polar surface area (TPSA) is 49.2 Å². The lowest BCUT2D eigenvalue weighted by Gasteiger charge is -2.13. The monoisotopic (exact) mass is 227 g/mol.